The van der Waals surface area contributed by atoms with E-state index < -0.39 is 0 Å². The smallest absolute Gasteiger partial charge is 0.0681 e. The molecule has 1 aliphatic heterocycles. The van der Waals surface area contributed by atoms with Crippen molar-refractivity contribution in [1.29, 1.82) is 0 Å². The first-order valence-electron chi connectivity index (χ1n) is 6.40. The van der Waals surface area contributed by atoms with E-state index >= 15 is 0 Å². The fourth-order valence-electron chi connectivity index (χ4n) is 2.33. The maximum Gasteiger partial charge on any atom is 0.0681 e. The Morgan fingerprint density at radius 2 is 1.88 bits per heavy atom. The Hall–Kier alpha value is -0.860. The van der Waals surface area contributed by atoms with Crippen LogP contribution in [-0.4, -0.2) is 23.1 Å². The fourth-order valence-corrected chi connectivity index (χ4v) is 2.33. The summed E-state index contributed by atoms with van der Waals surface area (Å²) in [5.41, 5.74) is 2.75. The second-order valence-electron chi connectivity index (χ2n) is 6.24. The molecule has 0 bridgehead atoms. The molecule has 0 saturated carbocycles. The lowest BCUT2D eigenvalue weighted by atomic mass is 9.76. The Balaban J connectivity index is 1.87. The number of hydrogen-bond donors (Lipinski definition) is 1. The van der Waals surface area contributed by atoms with Gasteiger partial charge in [0.25, 0.3) is 0 Å². The van der Waals surface area contributed by atoms with E-state index in [-0.39, 0.29) is 6.61 Å². The van der Waals surface area contributed by atoms with Crippen LogP contribution in [0.5, 0.6) is 0 Å². The summed E-state index contributed by atoms with van der Waals surface area (Å²) >= 11 is 0. The van der Waals surface area contributed by atoms with Crippen LogP contribution in [0.1, 0.15) is 31.9 Å². The number of aliphatic hydroxyl groups excluding tert-OH is 1. The molecule has 0 unspecified atom stereocenters. The SMILES string of the molecule is CC(C)(C)C1CN(Cc2cccc(CO)c2)C1. The molecule has 0 atom stereocenters. The van der Waals surface area contributed by atoms with Gasteiger partial charge in [0.05, 0.1) is 6.61 Å². The molecule has 1 aliphatic rings. The molecule has 2 rings (SSSR count). The van der Waals surface area contributed by atoms with Gasteiger partial charge in [0.1, 0.15) is 0 Å². The average Bonchev–Trinajstić information content (AvgIpc) is 2.21. The van der Waals surface area contributed by atoms with E-state index in [4.69, 9.17) is 5.11 Å². The zero-order valence-electron chi connectivity index (χ0n) is 11.1. The molecular weight excluding hydrogens is 210 g/mol. The molecule has 17 heavy (non-hydrogen) atoms. The highest BCUT2D eigenvalue weighted by atomic mass is 16.3. The van der Waals surface area contributed by atoms with Gasteiger partial charge in [0, 0.05) is 19.6 Å². The zero-order chi connectivity index (χ0) is 12.5. The van der Waals surface area contributed by atoms with Crippen LogP contribution in [0.3, 0.4) is 0 Å². The van der Waals surface area contributed by atoms with Gasteiger partial charge in [0.15, 0.2) is 0 Å². The van der Waals surface area contributed by atoms with Gasteiger partial charge in [-0.3, -0.25) is 4.90 Å². The highest BCUT2D eigenvalue weighted by molar-refractivity contribution is 5.23. The molecule has 94 valence electrons. The predicted octanol–water partition coefficient (Wildman–Crippen LogP) is 2.66. The number of rotatable bonds is 3. The van der Waals surface area contributed by atoms with Crippen LogP contribution in [-0.2, 0) is 13.2 Å². The van der Waals surface area contributed by atoms with Gasteiger partial charge >= 0.3 is 0 Å². The monoisotopic (exact) mass is 233 g/mol. The highest BCUT2D eigenvalue weighted by Gasteiger charge is 2.35. The van der Waals surface area contributed by atoms with Crippen LogP contribution in [0.15, 0.2) is 24.3 Å². The average molecular weight is 233 g/mol. The molecule has 1 heterocycles. The second-order valence-corrected chi connectivity index (χ2v) is 6.24. The van der Waals surface area contributed by atoms with E-state index in [9.17, 15) is 0 Å². The molecule has 1 N–H and O–H groups in total. The number of likely N-dealkylation sites (tertiary alicyclic amines) is 1. The van der Waals surface area contributed by atoms with Crippen LogP contribution < -0.4 is 0 Å². The van der Waals surface area contributed by atoms with E-state index in [1.54, 1.807) is 0 Å². The third-order valence-electron chi connectivity index (χ3n) is 3.76. The molecule has 0 aliphatic carbocycles. The Kier molecular flexibility index (Phi) is 3.55. The summed E-state index contributed by atoms with van der Waals surface area (Å²) in [6.45, 7) is 10.5. The van der Waals surface area contributed by atoms with Gasteiger partial charge in [-0.05, 0) is 22.5 Å². The number of hydrogen-bond acceptors (Lipinski definition) is 2. The van der Waals surface area contributed by atoms with Crippen LogP contribution in [0.4, 0.5) is 0 Å². The molecule has 1 fully saturated rings. The molecule has 0 radical (unpaired) electrons. The minimum Gasteiger partial charge on any atom is -0.392 e. The molecule has 0 amide bonds. The van der Waals surface area contributed by atoms with E-state index in [0.717, 1.165) is 18.0 Å². The van der Waals surface area contributed by atoms with Crippen LogP contribution in [0.2, 0.25) is 0 Å². The summed E-state index contributed by atoms with van der Waals surface area (Å²) in [5, 5.41) is 9.10. The van der Waals surface area contributed by atoms with Crippen molar-refractivity contribution in [3.63, 3.8) is 0 Å². The fraction of sp³-hybridized carbons (Fsp3) is 0.600. The lowest BCUT2D eigenvalue weighted by Crippen LogP contribution is -2.51. The first kappa shape index (κ1) is 12.6. The van der Waals surface area contributed by atoms with E-state index in [1.807, 2.05) is 12.1 Å². The summed E-state index contributed by atoms with van der Waals surface area (Å²) < 4.78 is 0. The van der Waals surface area contributed by atoms with Crippen molar-refractivity contribution in [1.82, 2.24) is 4.90 Å². The largest absolute Gasteiger partial charge is 0.392 e. The Labute approximate surface area is 104 Å². The third kappa shape index (κ3) is 3.08. The van der Waals surface area contributed by atoms with Crippen molar-refractivity contribution in [2.75, 3.05) is 13.1 Å². The summed E-state index contributed by atoms with van der Waals surface area (Å²) in [4.78, 5) is 2.48. The van der Waals surface area contributed by atoms with E-state index in [2.05, 4.69) is 37.8 Å². The van der Waals surface area contributed by atoms with Crippen molar-refractivity contribution < 1.29 is 5.11 Å². The van der Waals surface area contributed by atoms with Crippen molar-refractivity contribution in [3.8, 4) is 0 Å². The minimum absolute atomic E-state index is 0.137. The summed E-state index contributed by atoms with van der Waals surface area (Å²) in [7, 11) is 0. The minimum atomic E-state index is 0.137. The normalized spacial score (nSPS) is 18.1. The zero-order valence-corrected chi connectivity index (χ0v) is 11.1. The maximum atomic E-state index is 9.10. The van der Waals surface area contributed by atoms with Crippen LogP contribution in [0.25, 0.3) is 0 Å². The highest BCUT2D eigenvalue weighted by Crippen LogP contribution is 2.34. The summed E-state index contributed by atoms with van der Waals surface area (Å²) in [6.07, 6.45) is 0. The molecule has 2 heteroatoms. The predicted molar refractivity (Wildman–Crippen MR) is 70.6 cm³/mol. The third-order valence-corrected chi connectivity index (χ3v) is 3.76. The van der Waals surface area contributed by atoms with Gasteiger partial charge in [-0.15, -0.1) is 0 Å². The number of nitrogens with zero attached hydrogens (tertiary/aromatic N) is 1. The molecule has 1 saturated heterocycles. The quantitative estimate of drug-likeness (QED) is 0.867. The molecule has 0 spiro atoms. The second kappa shape index (κ2) is 4.79. The van der Waals surface area contributed by atoms with Crippen LogP contribution in [0, 0.1) is 11.3 Å². The van der Waals surface area contributed by atoms with E-state index in [1.165, 1.54) is 18.7 Å². The van der Waals surface area contributed by atoms with Crippen molar-refractivity contribution in [2.24, 2.45) is 11.3 Å². The van der Waals surface area contributed by atoms with Gasteiger partial charge in [-0.1, -0.05) is 45.0 Å². The maximum absolute atomic E-state index is 9.10. The van der Waals surface area contributed by atoms with Gasteiger partial charge in [-0.2, -0.15) is 0 Å². The van der Waals surface area contributed by atoms with Gasteiger partial charge in [-0.25, -0.2) is 0 Å². The van der Waals surface area contributed by atoms with Crippen molar-refractivity contribution >= 4 is 0 Å². The molecule has 1 aromatic rings. The Morgan fingerprint density at radius 3 is 2.47 bits per heavy atom. The molecule has 2 nitrogen and oxygen atoms in total. The lowest BCUT2D eigenvalue weighted by Gasteiger charge is -2.46. The standard InChI is InChI=1S/C15H23NO/c1-15(2,3)14-9-16(10-14)8-12-5-4-6-13(7-12)11-17/h4-7,14,17H,8-11H2,1-3H3. The Morgan fingerprint density at radius 1 is 1.24 bits per heavy atom. The van der Waals surface area contributed by atoms with Gasteiger partial charge < -0.3 is 5.11 Å². The van der Waals surface area contributed by atoms with E-state index in [0.29, 0.717) is 5.41 Å². The molecule has 1 aromatic carbocycles. The topological polar surface area (TPSA) is 23.5 Å². The Bertz CT molecular complexity index is 375. The summed E-state index contributed by atoms with van der Waals surface area (Å²) in [5.74, 6) is 0.823. The van der Waals surface area contributed by atoms with Crippen LogP contribution >= 0.6 is 0 Å². The number of aliphatic hydroxyl groups is 1. The first-order valence-corrected chi connectivity index (χ1v) is 6.40. The first-order chi connectivity index (χ1) is 7.99. The number of benzene rings is 1. The lowest BCUT2D eigenvalue weighted by molar-refractivity contribution is 0.0189. The van der Waals surface area contributed by atoms with Crippen molar-refractivity contribution in [2.45, 2.75) is 33.9 Å². The van der Waals surface area contributed by atoms with Gasteiger partial charge in [0.2, 0.25) is 0 Å². The molecule has 0 aromatic heterocycles. The molecular formula is C15H23NO. The van der Waals surface area contributed by atoms with Crippen molar-refractivity contribution in [3.05, 3.63) is 35.4 Å². The summed E-state index contributed by atoms with van der Waals surface area (Å²) in [6, 6.07) is 8.24.